The SMILES string of the molecule is COCCN(C)c1nnc[nH]1. The van der Waals surface area contributed by atoms with Gasteiger partial charge >= 0.3 is 0 Å². The molecule has 0 atom stereocenters. The van der Waals surface area contributed by atoms with Crippen molar-refractivity contribution in [2.24, 2.45) is 0 Å². The standard InChI is InChI=1S/C6H12N4O/c1-10(3-4-11-2)6-7-5-8-9-6/h5H,3-4H2,1-2H3,(H,7,8,9). The summed E-state index contributed by atoms with van der Waals surface area (Å²) in [6.45, 7) is 1.50. The number of nitrogens with zero attached hydrogens (tertiary/aromatic N) is 3. The van der Waals surface area contributed by atoms with Crippen LogP contribution in [0.2, 0.25) is 0 Å². The Hall–Kier alpha value is -1.10. The molecule has 5 heteroatoms. The predicted octanol–water partition coefficient (Wildman–Crippen LogP) is -0.113. The van der Waals surface area contributed by atoms with E-state index in [-0.39, 0.29) is 0 Å². The first-order valence-corrected chi connectivity index (χ1v) is 3.40. The maximum atomic E-state index is 4.91. The second-order valence-corrected chi connectivity index (χ2v) is 2.23. The van der Waals surface area contributed by atoms with Gasteiger partial charge in [0, 0.05) is 20.7 Å². The van der Waals surface area contributed by atoms with Gasteiger partial charge in [-0.05, 0) is 0 Å². The summed E-state index contributed by atoms with van der Waals surface area (Å²) in [5.74, 6) is 0.766. The Kier molecular flexibility index (Phi) is 2.85. The van der Waals surface area contributed by atoms with Crippen LogP contribution < -0.4 is 4.90 Å². The lowest BCUT2D eigenvalue weighted by atomic mass is 10.6. The van der Waals surface area contributed by atoms with E-state index in [1.54, 1.807) is 13.4 Å². The summed E-state index contributed by atoms with van der Waals surface area (Å²) in [5.41, 5.74) is 0. The largest absolute Gasteiger partial charge is 0.383 e. The first-order chi connectivity index (χ1) is 5.34. The third-order valence-corrected chi connectivity index (χ3v) is 1.40. The van der Waals surface area contributed by atoms with Gasteiger partial charge in [-0.3, -0.25) is 0 Å². The number of hydrogen-bond donors (Lipinski definition) is 1. The summed E-state index contributed by atoms with van der Waals surface area (Å²) in [4.78, 5) is 4.83. The van der Waals surface area contributed by atoms with Gasteiger partial charge in [0.1, 0.15) is 6.33 Å². The van der Waals surface area contributed by atoms with Crippen LogP contribution >= 0.6 is 0 Å². The molecule has 0 amide bonds. The summed E-state index contributed by atoms with van der Waals surface area (Å²) in [6, 6.07) is 0. The third kappa shape index (κ3) is 2.19. The molecule has 1 rings (SSSR count). The topological polar surface area (TPSA) is 54.0 Å². The fraction of sp³-hybridized carbons (Fsp3) is 0.667. The molecule has 5 nitrogen and oxygen atoms in total. The Morgan fingerprint density at radius 3 is 3.09 bits per heavy atom. The average Bonchev–Trinajstić information content (AvgIpc) is 2.52. The fourth-order valence-electron chi connectivity index (χ4n) is 0.720. The molecule has 0 bridgehead atoms. The van der Waals surface area contributed by atoms with E-state index in [9.17, 15) is 0 Å². The molecule has 11 heavy (non-hydrogen) atoms. The third-order valence-electron chi connectivity index (χ3n) is 1.40. The molecular weight excluding hydrogens is 144 g/mol. The minimum Gasteiger partial charge on any atom is -0.383 e. The number of aromatic amines is 1. The van der Waals surface area contributed by atoms with E-state index in [2.05, 4.69) is 15.2 Å². The van der Waals surface area contributed by atoms with Crippen molar-refractivity contribution < 1.29 is 4.74 Å². The van der Waals surface area contributed by atoms with Gasteiger partial charge < -0.3 is 14.6 Å². The van der Waals surface area contributed by atoms with Crippen LogP contribution in [0.3, 0.4) is 0 Å². The number of aromatic nitrogens is 3. The first kappa shape index (κ1) is 8.00. The molecule has 1 aromatic heterocycles. The summed E-state index contributed by atoms with van der Waals surface area (Å²) in [6.07, 6.45) is 1.55. The van der Waals surface area contributed by atoms with Crippen LogP contribution in [-0.2, 0) is 4.74 Å². The van der Waals surface area contributed by atoms with Crippen LogP contribution in [0.25, 0.3) is 0 Å². The van der Waals surface area contributed by atoms with Crippen molar-refractivity contribution >= 4 is 5.95 Å². The van der Waals surface area contributed by atoms with E-state index >= 15 is 0 Å². The van der Waals surface area contributed by atoms with Crippen LogP contribution in [0, 0.1) is 0 Å². The number of nitrogens with one attached hydrogen (secondary N) is 1. The highest BCUT2D eigenvalue weighted by Crippen LogP contribution is 1.98. The van der Waals surface area contributed by atoms with E-state index in [1.165, 1.54) is 0 Å². The molecule has 0 aliphatic heterocycles. The fourth-order valence-corrected chi connectivity index (χ4v) is 0.720. The highest BCUT2D eigenvalue weighted by atomic mass is 16.5. The number of methoxy groups -OCH3 is 1. The zero-order valence-electron chi connectivity index (χ0n) is 6.74. The summed E-state index contributed by atoms with van der Waals surface area (Å²) in [7, 11) is 3.60. The molecule has 62 valence electrons. The zero-order valence-corrected chi connectivity index (χ0v) is 6.74. The Balaban J connectivity index is 2.36. The molecule has 0 aliphatic rings. The lowest BCUT2D eigenvalue weighted by molar-refractivity contribution is 0.206. The van der Waals surface area contributed by atoms with Crippen molar-refractivity contribution in [2.45, 2.75) is 0 Å². The van der Waals surface area contributed by atoms with Crippen molar-refractivity contribution in [1.29, 1.82) is 0 Å². The molecule has 1 N–H and O–H groups in total. The highest BCUT2D eigenvalue weighted by molar-refractivity contribution is 5.24. The van der Waals surface area contributed by atoms with E-state index in [4.69, 9.17) is 4.74 Å². The minimum atomic E-state index is 0.692. The van der Waals surface area contributed by atoms with E-state index in [1.807, 2.05) is 11.9 Å². The van der Waals surface area contributed by atoms with Gasteiger partial charge in [-0.25, -0.2) is 0 Å². The predicted molar refractivity (Wildman–Crippen MR) is 41.5 cm³/mol. The van der Waals surface area contributed by atoms with Gasteiger partial charge in [0.25, 0.3) is 0 Å². The van der Waals surface area contributed by atoms with E-state index < -0.39 is 0 Å². The van der Waals surface area contributed by atoms with Crippen molar-refractivity contribution in [3.8, 4) is 0 Å². The summed E-state index contributed by atoms with van der Waals surface area (Å²) in [5, 5.41) is 7.50. The van der Waals surface area contributed by atoms with E-state index in [0.29, 0.717) is 6.61 Å². The highest BCUT2D eigenvalue weighted by Gasteiger charge is 2.01. The molecule has 1 aromatic rings. The number of likely N-dealkylation sites (N-methyl/N-ethyl adjacent to an activating group) is 1. The Bertz CT molecular complexity index is 186. The Morgan fingerprint density at radius 1 is 1.73 bits per heavy atom. The van der Waals surface area contributed by atoms with Crippen LogP contribution in [0.1, 0.15) is 0 Å². The van der Waals surface area contributed by atoms with Crippen molar-refractivity contribution in [1.82, 2.24) is 15.2 Å². The second kappa shape index (κ2) is 3.92. The lowest BCUT2D eigenvalue weighted by Crippen LogP contribution is -2.23. The molecule has 0 aromatic carbocycles. The second-order valence-electron chi connectivity index (χ2n) is 2.23. The maximum absolute atomic E-state index is 4.91. The molecule has 0 unspecified atom stereocenters. The van der Waals surface area contributed by atoms with Crippen molar-refractivity contribution in [3.05, 3.63) is 6.33 Å². The van der Waals surface area contributed by atoms with E-state index in [0.717, 1.165) is 12.5 Å². The molecule has 0 radical (unpaired) electrons. The number of ether oxygens (including phenoxy) is 1. The maximum Gasteiger partial charge on any atom is 0.224 e. The van der Waals surface area contributed by atoms with Crippen molar-refractivity contribution in [3.63, 3.8) is 0 Å². The smallest absolute Gasteiger partial charge is 0.224 e. The van der Waals surface area contributed by atoms with Gasteiger partial charge in [-0.2, -0.15) is 0 Å². The van der Waals surface area contributed by atoms with Gasteiger partial charge in [-0.1, -0.05) is 0 Å². The molecule has 0 spiro atoms. The molecule has 0 aliphatic carbocycles. The average molecular weight is 156 g/mol. The van der Waals surface area contributed by atoms with Crippen LogP contribution in [0.4, 0.5) is 5.95 Å². The number of anilines is 1. The molecule has 0 saturated carbocycles. The molecule has 0 fully saturated rings. The summed E-state index contributed by atoms with van der Waals surface area (Å²) >= 11 is 0. The number of rotatable bonds is 4. The number of H-pyrrole nitrogens is 1. The van der Waals surface area contributed by atoms with Crippen LogP contribution in [-0.4, -0.2) is 42.5 Å². The zero-order chi connectivity index (χ0) is 8.10. The first-order valence-electron chi connectivity index (χ1n) is 3.40. The van der Waals surface area contributed by atoms with Crippen LogP contribution in [0.15, 0.2) is 6.33 Å². The Morgan fingerprint density at radius 2 is 2.55 bits per heavy atom. The lowest BCUT2D eigenvalue weighted by Gasteiger charge is -2.13. The monoisotopic (exact) mass is 156 g/mol. The normalized spacial score (nSPS) is 10.0. The summed E-state index contributed by atoms with van der Waals surface area (Å²) < 4.78 is 4.91. The van der Waals surface area contributed by atoms with Gasteiger partial charge in [-0.15, -0.1) is 10.2 Å². The van der Waals surface area contributed by atoms with Gasteiger partial charge in [0.05, 0.1) is 6.61 Å². The van der Waals surface area contributed by atoms with Gasteiger partial charge in [0.2, 0.25) is 5.95 Å². The molecular formula is C6H12N4O. The van der Waals surface area contributed by atoms with Crippen LogP contribution in [0.5, 0.6) is 0 Å². The molecule has 1 heterocycles. The Labute approximate surface area is 65.4 Å². The minimum absolute atomic E-state index is 0.692. The van der Waals surface area contributed by atoms with Gasteiger partial charge in [0.15, 0.2) is 0 Å². The number of hydrogen-bond acceptors (Lipinski definition) is 4. The quantitative estimate of drug-likeness (QED) is 0.660. The van der Waals surface area contributed by atoms with Crippen molar-refractivity contribution in [2.75, 3.05) is 32.2 Å². The molecule has 0 saturated heterocycles.